The van der Waals surface area contributed by atoms with Crippen LogP contribution in [0, 0.1) is 0 Å². The Morgan fingerprint density at radius 2 is 1.70 bits per heavy atom. The number of fused-ring (bicyclic) bond motifs is 2. The molecule has 0 saturated heterocycles. The summed E-state index contributed by atoms with van der Waals surface area (Å²) in [4.78, 5) is 14.7. The zero-order valence-corrected chi connectivity index (χ0v) is 13.0. The van der Waals surface area contributed by atoms with Crippen LogP contribution in [-0.2, 0) is 0 Å². The van der Waals surface area contributed by atoms with Gasteiger partial charge in [0.1, 0.15) is 6.17 Å². The summed E-state index contributed by atoms with van der Waals surface area (Å²) in [5.41, 5.74) is 2.75. The van der Waals surface area contributed by atoms with Gasteiger partial charge in [-0.05, 0) is 41.5 Å². The number of hydrogen-bond acceptors (Lipinski definition) is 2. The predicted octanol–water partition coefficient (Wildman–Crippen LogP) is 4.43. The van der Waals surface area contributed by atoms with Gasteiger partial charge in [-0.25, -0.2) is 0 Å². The molecule has 1 aliphatic rings. The average Bonchev–Trinajstić information content (AvgIpc) is 2.61. The number of amides is 1. The predicted molar refractivity (Wildman–Crippen MR) is 93.5 cm³/mol. The maximum absolute atomic E-state index is 12.8. The van der Waals surface area contributed by atoms with Crippen LogP contribution in [-0.4, -0.2) is 17.4 Å². The Bertz CT molecular complexity index is 887. The van der Waals surface area contributed by atoms with E-state index in [-0.39, 0.29) is 12.1 Å². The van der Waals surface area contributed by atoms with Crippen molar-refractivity contribution in [3.8, 4) is 0 Å². The molecule has 1 heterocycles. The summed E-state index contributed by atoms with van der Waals surface area (Å²) in [6.45, 7) is 2.68. The van der Waals surface area contributed by atoms with E-state index in [0.717, 1.165) is 16.8 Å². The average molecular weight is 302 g/mol. The Labute approximate surface area is 135 Å². The minimum atomic E-state index is -0.132. The molecule has 3 aromatic carbocycles. The van der Waals surface area contributed by atoms with Gasteiger partial charge in [0.15, 0.2) is 0 Å². The Kier molecular flexibility index (Phi) is 3.27. The van der Waals surface area contributed by atoms with E-state index in [1.54, 1.807) is 0 Å². The van der Waals surface area contributed by atoms with Gasteiger partial charge in [-0.3, -0.25) is 4.79 Å². The summed E-state index contributed by atoms with van der Waals surface area (Å²) in [6, 6.07) is 22.4. The van der Waals surface area contributed by atoms with Gasteiger partial charge < -0.3 is 10.2 Å². The first kappa shape index (κ1) is 13.8. The molecular formula is C20H18N2O. The van der Waals surface area contributed by atoms with Gasteiger partial charge in [0.05, 0.1) is 5.56 Å². The monoisotopic (exact) mass is 302 g/mol. The summed E-state index contributed by atoms with van der Waals surface area (Å²) < 4.78 is 0. The Balaban J connectivity index is 1.81. The van der Waals surface area contributed by atoms with Crippen LogP contribution < -0.4 is 5.32 Å². The van der Waals surface area contributed by atoms with E-state index in [1.165, 1.54) is 10.8 Å². The smallest absolute Gasteiger partial charge is 0.257 e. The van der Waals surface area contributed by atoms with E-state index in [0.29, 0.717) is 6.54 Å². The fraction of sp³-hybridized carbons (Fsp3) is 0.150. The number of carbonyl (C=O) groups excluding carboxylic acids is 1. The molecule has 1 amide bonds. The lowest BCUT2D eigenvalue weighted by molar-refractivity contribution is 0.0695. The topological polar surface area (TPSA) is 32.3 Å². The maximum atomic E-state index is 12.8. The molecule has 0 fully saturated rings. The van der Waals surface area contributed by atoms with Crippen LogP contribution >= 0.6 is 0 Å². The van der Waals surface area contributed by atoms with Gasteiger partial charge >= 0.3 is 0 Å². The molecule has 0 aliphatic carbocycles. The van der Waals surface area contributed by atoms with Gasteiger partial charge in [0.2, 0.25) is 0 Å². The third-order valence-electron chi connectivity index (χ3n) is 4.45. The van der Waals surface area contributed by atoms with Gasteiger partial charge in [-0.15, -0.1) is 0 Å². The van der Waals surface area contributed by atoms with Crippen molar-refractivity contribution in [3.63, 3.8) is 0 Å². The molecule has 23 heavy (non-hydrogen) atoms. The van der Waals surface area contributed by atoms with Crippen molar-refractivity contribution in [1.82, 2.24) is 4.90 Å². The van der Waals surface area contributed by atoms with E-state index in [9.17, 15) is 4.79 Å². The van der Waals surface area contributed by atoms with Crippen molar-refractivity contribution < 1.29 is 4.79 Å². The highest BCUT2D eigenvalue weighted by molar-refractivity contribution is 6.01. The molecule has 0 bridgehead atoms. The van der Waals surface area contributed by atoms with Crippen molar-refractivity contribution >= 4 is 22.4 Å². The number of benzene rings is 3. The van der Waals surface area contributed by atoms with Crippen molar-refractivity contribution in [2.45, 2.75) is 13.1 Å². The molecule has 1 N–H and O–H groups in total. The first-order valence-electron chi connectivity index (χ1n) is 7.93. The van der Waals surface area contributed by atoms with Crippen molar-refractivity contribution in [2.24, 2.45) is 0 Å². The van der Waals surface area contributed by atoms with Crippen LogP contribution in [0.25, 0.3) is 10.8 Å². The number of nitrogens with one attached hydrogen (secondary N) is 1. The van der Waals surface area contributed by atoms with Crippen LogP contribution in [0.3, 0.4) is 0 Å². The SMILES string of the molecule is CCN1C(=O)c2ccccc2NC1c1ccc2ccccc2c1. The van der Waals surface area contributed by atoms with Crippen LogP contribution in [0.15, 0.2) is 66.7 Å². The van der Waals surface area contributed by atoms with Crippen molar-refractivity contribution in [1.29, 1.82) is 0 Å². The summed E-state index contributed by atoms with van der Waals surface area (Å²) in [5, 5.41) is 5.91. The lowest BCUT2D eigenvalue weighted by Crippen LogP contribution is -2.42. The standard InChI is InChI=1S/C20H18N2O/c1-2-22-19(21-18-10-6-5-9-17(18)20(22)23)16-12-11-14-7-3-4-8-15(14)13-16/h3-13,19,21H,2H2,1H3. The maximum Gasteiger partial charge on any atom is 0.257 e. The third kappa shape index (κ3) is 2.25. The first-order chi connectivity index (χ1) is 11.3. The quantitative estimate of drug-likeness (QED) is 0.759. The lowest BCUT2D eigenvalue weighted by atomic mass is 10.0. The normalized spacial score (nSPS) is 17.0. The second-order valence-electron chi connectivity index (χ2n) is 5.79. The van der Waals surface area contributed by atoms with Crippen molar-refractivity contribution in [2.75, 3.05) is 11.9 Å². The van der Waals surface area contributed by atoms with Gasteiger partial charge in [-0.1, -0.05) is 48.5 Å². The number of rotatable bonds is 2. The second-order valence-corrected chi connectivity index (χ2v) is 5.79. The number of para-hydroxylation sites is 1. The van der Waals surface area contributed by atoms with E-state index >= 15 is 0 Å². The third-order valence-corrected chi connectivity index (χ3v) is 4.45. The first-order valence-corrected chi connectivity index (χ1v) is 7.93. The molecule has 1 atom stereocenters. The Morgan fingerprint density at radius 3 is 2.52 bits per heavy atom. The second kappa shape index (κ2) is 5.43. The molecule has 4 rings (SSSR count). The number of anilines is 1. The molecular weight excluding hydrogens is 284 g/mol. The summed E-state index contributed by atoms with van der Waals surface area (Å²) in [7, 11) is 0. The lowest BCUT2D eigenvalue weighted by Gasteiger charge is -2.37. The molecule has 3 nitrogen and oxygen atoms in total. The number of carbonyl (C=O) groups is 1. The zero-order valence-electron chi connectivity index (χ0n) is 13.0. The van der Waals surface area contributed by atoms with E-state index in [2.05, 4.69) is 35.6 Å². The molecule has 0 spiro atoms. The molecule has 1 unspecified atom stereocenters. The highest BCUT2D eigenvalue weighted by Gasteiger charge is 2.31. The molecule has 1 aliphatic heterocycles. The zero-order chi connectivity index (χ0) is 15.8. The Hall–Kier alpha value is -2.81. The molecule has 0 saturated carbocycles. The fourth-order valence-electron chi connectivity index (χ4n) is 3.26. The van der Waals surface area contributed by atoms with Crippen LogP contribution in [0.1, 0.15) is 29.0 Å². The van der Waals surface area contributed by atoms with Gasteiger partial charge in [0.25, 0.3) is 5.91 Å². The van der Waals surface area contributed by atoms with E-state index < -0.39 is 0 Å². The van der Waals surface area contributed by atoms with E-state index in [1.807, 2.05) is 48.2 Å². The number of nitrogens with zero attached hydrogens (tertiary/aromatic N) is 1. The largest absolute Gasteiger partial charge is 0.361 e. The minimum absolute atomic E-state index is 0.0833. The molecule has 114 valence electrons. The van der Waals surface area contributed by atoms with Gasteiger partial charge in [0, 0.05) is 12.2 Å². The van der Waals surface area contributed by atoms with Crippen LogP contribution in [0.4, 0.5) is 5.69 Å². The fourth-order valence-corrected chi connectivity index (χ4v) is 3.26. The molecule has 0 aromatic heterocycles. The van der Waals surface area contributed by atoms with Crippen LogP contribution in [0.5, 0.6) is 0 Å². The summed E-state index contributed by atoms with van der Waals surface area (Å²) >= 11 is 0. The molecule has 0 radical (unpaired) electrons. The van der Waals surface area contributed by atoms with Gasteiger partial charge in [-0.2, -0.15) is 0 Å². The van der Waals surface area contributed by atoms with Crippen molar-refractivity contribution in [3.05, 3.63) is 77.9 Å². The summed E-state index contributed by atoms with van der Waals surface area (Å²) in [5.74, 6) is 0.0833. The summed E-state index contributed by atoms with van der Waals surface area (Å²) in [6.07, 6.45) is -0.132. The Morgan fingerprint density at radius 1 is 0.957 bits per heavy atom. The number of hydrogen-bond donors (Lipinski definition) is 1. The molecule has 3 aromatic rings. The highest BCUT2D eigenvalue weighted by Crippen LogP contribution is 2.33. The van der Waals surface area contributed by atoms with E-state index in [4.69, 9.17) is 0 Å². The minimum Gasteiger partial charge on any atom is -0.361 e. The van der Waals surface area contributed by atoms with Crippen LogP contribution in [0.2, 0.25) is 0 Å². The highest BCUT2D eigenvalue weighted by atomic mass is 16.2. The molecule has 3 heteroatoms.